The first-order valence-electron chi connectivity index (χ1n) is 8.29. The standard InChI is InChI=1S/C21H17ClN4O/c1-14-11-16(15(2)26(14)20-9-5-6-10-24-20)12-17(13-23)21(27)25-19-8-4-3-7-18(19)22/h3-12H,1-2H3,(H,25,27)/b17-12-. The Morgan fingerprint density at radius 2 is 1.96 bits per heavy atom. The molecular formula is C21H17ClN4O. The van der Waals surface area contributed by atoms with E-state index in [4.69, 9.17) is 11.6 Å². The van der Waals surface area contributed by atoms with E-state index < -0.39 is 5.91 Å². The van der Waals surface area contributed by atoms with E-state index in [2.05, 4.69) is 10.3 Å². The van der Waals surface area contributed by atoms with Gasteiger partial charge < -0.3 is 9.88 Å². The number of halogens is 1. The van der Waals surface area contributed by atoms with Crippen molar-refractivity contribution in [3.8, 4) is 11.9 Å². The zero-order chi connectivity index (χ0) is 19.4. The number of benzene rings is 1. The molecule has 1 amide bonds. The molecule has 0 spiro atoms. The third-order valence-corrected chi connectivity index (χ3v) is 4.47. The number of nitriles is 1. The Bertz CT molecular complexity index is 1060. The second-order valence-electron chi connectivity index (χ2n) is 5.95. The summed E-state index contributed by atoms with van der Waals surface area (Å²) in [5, 5.41) is 12.5. The first-order chi connectivity index (χ1) is 13.0. The van der Waals surface area contributed by atoms with Crippen molar-refractivity contribution in [2.45, 2.75) is 13.8 Å². The van der Waals surface area contributed by atoms with Gasteiger partial charge in [-0.2, -0.15) is 5.26 Å². The first-order valence-corrected chi connectivity index (χ1v) is 8.67. The number of anilines is 1. The molecule has 3 rings (SSSR count). The summed E-state index contributed by atoms with van der Waals surface area (Å²) in [7, 11) is 0. The van der Waals surface area contributed by atoms with Crippen molar-refractivity contribution in [1.82, 2.24) is 9.55 Å². The van der Waals surface area contributed by atoms with Crippen molar-refractivity contribution >= 4 is 29.3 Å². The molecule has 0 atom stereocenters. The van der Waals surface area contributed by atoms with Gasteiger partial charge >= 0.3 is 0 Å². The molecule has 1 aromatic carbocycles. The van der Waals surface area contributed by atoms with E-state index in [1.165, 1.54) is 0 Å². The van der Waals surface area contributed by atoms with E-state index in [1.807, 2.05) is 48.7 Å². The molecular weight excluding hydrogens is 360 g/mol. The number of carbonyl (C=O) groups is 1. The lowest BCUT2D eigenvalue weighted by molar-refractivity contribution is -0.112. The van der Waals surface area contributed by atoms with Crippen LogP contribution in [0.5, 0.6) is 0 Å². The lowest BCUT2D eigenvalue weighted by Crippen LogP contribution is -2.13. The lowest BCUT2D eigenvalue weighted by atomic mass is 10.1. The Morgan fingerprint density at radius 1 is 1.22 bits per heavy atom. The van der Waals surface area contributed by atoms with Crippen LogP contribution in [0, 0.1) is 25.2 Å². The third kappa shape index (κ3) is 3.91. The topological polar surface area (TPSA) is 70.7 Å². The molecule has 0 aliphatic heterocycles. The molecule has 0 saturated carbocycles. The van der Waals surface area contributed by atoms with Crippen molar-refractivity contribution in [3.63, 3.8) is 0 Å². The second kappa shape index (κ2) is 7.90. The molecule has 134 valence electrons. The Kier molecular flexibility index (Phi) is 5.39. The predicted molar refractivity (Wildman–Crippen MR) is 107 cm³/mol. The highest BCUT2D eigenvalue weighted by Crippen LogP contribution is 2.23. The maximum absolute atomic E-state index is 12.5. The Balaban J connectivity index is 1.94. The van der Waals surface area contributed by atoms with Gasteiger partial charge in [0.1, 0.15) is 17.5 Å². The fourth-order valence-corrected chi connectivity index (χ4v) is 3.01. The third-order valence-electron chi connectivity index (χ3n) is 4.14. The van der Waals surface area contributed by atoms with Gasteiger partial charge in [-0.1, -0.05) is 29.8 Å². The number of aromatic nitrogens is 2. The predicted octanol–water partition coefficient (Wildman–Crippen LogP) is 4.69. The number of amides is 1. The maximum Gasteiger partial charge on any atom is 0.266 e. The molecule has 0 aliphatic rings. The molecule has 27 heavy (non-hydrogen) atoms. The molecule has 1 N–H and O–H groups in total. The number of aryl methyl sites for hydroxylation is 1. The number of nitrogens with zero attached hydrogens (tertiary/aromatic N) is 3. The van der Waals surface area contributed by atoms with Crippen molar-refractivity contribution in [2.24, 2.45) is 0 Å². The summed E-state index contributed by atoms with van der Waals surface area (Å²) in [5.41, 5.74) is 3.09. The van der Waals surface area contributed by atoms with Gasteiger partial charge in [0.05, 0.1) is 10.7 Å². The Morgan fingerprint density at radius 3 is 2.63 bits per heavy atom. The van der Waals surface area contributed by atoms with Crippen LogP contribution < -0.4 is 5.32 Å². The highest BCUT2D eigenvalue weighted by atomic mass is 35.5. The number of hydrogen-bond donors (Lipinski definition) is 1. The summed E-state index contributed by atoms with van der Waals surface area (Å²) < 4.78 is 1.98. The van der Waals surface area contributed by atoms with Gasteiger partial charge in [-0.3, -0.25) is 4.79 Å². The summed E-state index contributed by atoms with van der Waals surface area (Å²) in [6.07, 6.45) is 3.30. The van der Waals surface area contributed by atoms with E-state index in [0.29, 0.717) is 10.7 Å². The monoisotopic (exact) mass is 376 g/mol. The van der Waals surface area contributed by atoms with E-state index in [1.54, 1.807) is 36.5 Å². The molecule has 0 saturated heterocycles. The number of nitrogens with one attached hydrogen (secondary N) is 1. The minimum absolute atomic E-state index is 0.00353. The average molecular weight is 377 g/mol. The van der Waals surface area contributed by atoms with Gasteiger partial charge in [-0.05, 0) is 55.8 Å². The van der Waals surface area contributed by atoms with Gasteiger partial charge in [-0.15, -0.1) is 0 Å². The summed E-state index contributed by atoms with van der Waals surface area (Å²) in [4.78, 5) is 16.9. The van der Waals surface area contributed by atoms with Gasteiger partial charge in [0.25, 0.3) is 5.91 Å². The minimum atomic E-state index is -0.506. The molecule has 0 bridgehead atoms. The van der Waals surface area contributed by atoms with Crippen LogP contribution in [0.4, 0.5) is 5.69 Å². The molecule has 0 fully saturated rings. The highest BCUT2D eigenvalue weighted by Gasteiger charge is 2.15. The largest absolute Gasteiger partial charge is 0.320 e. The summed E-state index contributed by atoms with van der Waals surface area (Å²) in [6.45, 7) is 3.88. The Hall–Kier alpha value is -3.36. The van der Waals surface area contributed by atoms with Gasteiger partial charge in [0.15, 0.2) is 0 Å². The van der Waals surface area contributed by atoms with Crippen molar-refractivity contribution < 1.29 is 4.79 Å². The van der Waals surface area contributed by atoms with Crippen LogP contribution in [0.3, 0.4) is 0 Å². The molecule has 3 aromatic rings. The van der Waals surface area contributed by atoms with Gasteiger partial charge in [0.2, 0.25) is 0 Å². The fourth-order valence-electron chi connectivity index (χ4n) is 2.83. The molecule has 0 unspecified atom stereocenters. The lowest BCUT2D eigenvalue weighted by Gasteiger charge is -2.08. The van der Waals surface area contributed by atoms with E-state index >= 15 is 0 Å². The number of pyridine rings is 1. The number of para-hydroxylation sites is 1. The van der Waals surface area contributed by atoms with Crippen LogP contribution >= 0.6 is 11.6 Å². The van der Waals surface area contributed by atoms with Crippen molar-refractivity contribution in [3.05, 3.63) is 82.3 Å². The summed E-state index contributed by atoms with van der Waals surface area (Å²) in [6, 6.07) is 16.4. The number of hydrogen-bond acceptors (Lipinski definition) is 3. The zero-order valence-corrected chi connectivity index (χ0v) is 15.7. The van der Waals surface area contributed by atoms with Crippen molar-refractivity contribution in [1.29, 1.82) is 5.26 Å². The van der Waals surface area contributed by atoms with Crippen LogP contribution in [0.1, 0.15) is 17.0 Å². The fraction of sp³-hybridized carbons (Fsp3) is 0.0952. The number of carbonyl (C=O) groups excluding carboxylic acids is 1. The molecule has 5 nitrogen and oxygen atoms in total. The second-order valence-corrected chi connectivity index (χ2v) is 6.36. The summed E-state index contributed by atoms with van der Waals surface area (Å²) in [5.74, 6) is 0.277. The van der Waals surface area contributed by atoms with Crippen LogP contribution in [0.25, 0.3) is 11.9 Å². The maximum atomic E-state index is 12.5. The normalized spacial score (nSPS) is 11.1. The van der Waals surface area contributed by atoms with Gasteiger partial charge in [0, 0.05) is 17.6 Å². The molecule has 6 heteroatoms. The van der Waals surface area contributed by atoms with Gasteiger partial charge in [-0.25, -0.2) is 4.98 Å². The van der Waals surface area contributed by atoms with Crippen LogP contribution in [0.15, 0.2) is 60.3 Å². The van der Waals surface area contributed by atoms with Crippen LogP contribution in [0.2, 0.25) is 5.02 Å². The first kappa shape index (κ1) is 18.4. The molecule has 2 aromatic heterocycles. The highest BCUT2D eigenvalue weighted by molar-refractivity contribution is 6.34. The Labute approximate surface area is 162 Å². The quantitative estimate of drug-likeness (QED) is 0.530. The van der Waals surface area contributed by atoms with E-state index in [0.717, 1.165) is 22.8 Å². The van der Waals surface area contributed by atoms with Crippen LogP contribution in [-0.2, 0) is 4.79 Å². The minimum Gasteiger partial charge on any atom is -0.320 e. The van der Waals surface area contributed by atoms with Crippen LogP contribution in [-0.4, -0.2) is 15.5 Å². The summed E-state index contributed by atoms with van der Waals surface area (Å²) >= 11 is 6.07. The average Bonchev–Trinajstić information content (AvgIpc) is 2.95. The smallest absolute Gasteiger partial charge is 0.266 e. The van der Waals surface area contributed by atoms with E-state index in [9.17, 15) is 10.1 Å². The van der Waals surface area contributed by atoms with Crippen molar-refractivity contribution in [2.75, 3.05) is 5.32 Å². The molecule has 2 heterocycles. The molecule has 0 radical (unpaired) electrons. The van der Waals surface area contributed by atoms with E-state index in [-0.39, 0.29) is 5.57 Å². The number of rotatable bonds is 4. The zero-order valence-electron chi connectivity index (χ0n) is 14.9. The molecule has 0 aliphatic carbocycles. The SMILES string of the molecule is Cc1cc(/C=C(/C#N)C(=O)Nc2ccccc2Cl)c(C)n1-c1ccccn1.